The molecule has 0 saturated carbocycles. The molecule has 2 heterocycles. The Morgan fingerprint density at radius 2 is 1.90 bits per heavy atom. The Bertz CT molecular complexity index is 705. The lowest BCUT2D eigenvalue weighted by molar-refractivity contribution is -0.127. The van der Waals surface area contributed by atoms with Gasteiger partial charge in [-0.15, -0.1) is 0 Å². The van der Waals surface area contributed by atoms with Gasteiger partial charge in [-0.05, 0) is 48.4 Å². The smallest absolute Gasteiger partial charge is 0.246 e. The molecule has 0 aromatic heterocycles. The van der Waals surface area contributed by atoms with E-state index in [1.54, 1.807) is 13.2 Å². The summed E-state index contributed by atoms with van der Waals surface area (Å²) < 4.78 is 16.7. The van der Waals surface area contributed by atoms with Gasteiger partial charge >= 0.3 is 0 Å². The second-order valence-corrected chi connectivity index (χ2v) is 8.63. The molecule has 0 radical (unpaired) electrons. The standard InChI is InChI=1S/C24H36N2O4/c1-19(2)18-30-22-6-4-20(16-23(22)28-3)5-7-24(27)26-10-8-21(9-11-26)17-25-12-14-29-15-13-25/h4-7,16,19,21H,8-15,17-18H2,1-3H3/b7-5+. The number of nitrogens with zero attached hydrogens (tertiary/aromatic N) is 2. The third-order valence-corrected chi connectivity index (χ3v) is 5.72. The minimum Gasteiger partial charge on any atom is -0.493 e. The molecule has 2 aliphatic rings. The highest BCUT2D eigenvalue weighted by Gasteiger charge is 2.24. The van der Waals surface area contributed by atoms with Crippen LogP contribution in [0.1, 0.15) is 32.3 Å². The largest absolute Gasteiger partial charge is 0.493 e. The fourth-order valence-electron chi connectivity index (χ4n) is 3.92. The molecule has 6 nitrogen and oxygen atoms in total. The average molecular weight is 417 g/mol. The summed E-state index contributed by atoms with van der Waals surface area (Å²) in [6.07, 6.45) is 5.68. The van der Waals surface area contributed by atoms with Crippen LogP contribution in [-0.4, -0.2) is 75.4 Å². The molecular weight excluding hydrogens is 380 g/mol. The third kappa shape index (κ3) is 6.74. The van der Waals surface area contributed by atoms with Crippen molar-refractivity contribution in [3.8, 4) is 11.5 Å². The van der Waals surface area contributed by atoms with E-state index in [0.717, 1.165) is 70.1 Å². The van der Waals surface area contributed by atoms with Gasteiger partial charge < -0.3 is 19.1 Å². The average Bonchev–Trinajstić information content (AvgIpc) is 2.77. The molecule has 30 heavy (non-hydrogen) atoms. The van der Waals surface area contributed by atoms with E-state index in [0.29, 0.717) is 24.2 Å². The van der Waals surface area contributed by atoms with E-state index in [1.165, 1.54) is 0 Å². The van der Waals surface area contributed by atoms with E-state index in [4.69, 9.17) is 14.2 Å². The number of piperidine rings is 1. The van der Waals surface area contributed by atoms with Crippen LogP contribution in [0.25, 0.3) is 6.08 Å². The fourth-order valence-corrected chi connectivity index (χ4v) is 3.92. The number of ether oxygens (including phenoxy) is 3. The van der Waals surface area contributed by atoms with Crippen LogP contribution in [0.5, 0.6) is 11.5 Å². The SMILES string of the molecule is COc1cc(/C=C/C(=O)N2CCC(CN3CCOCC3)CC2)ccc1OCC(C)C. The van der Waals surface area contributed by atoms with Gasteiger partial charge in [-0.2, -0.15) is 0 Å². The Hall–Kier alpha value is -2.05. The summed E-state index contributed by atoms with van der Waals surface area (Å²) in [7, 11) is 1.64. The molecule has 3 rings (SSSR count). The van der Waals surface area contributed by atoms with Crippen molar-refractivity contribution in [1.29, 1.82) is 0 Å². The van der Waals surface area contributed by atoms with Crippen LogP contribution < -0.4 is 9.47 Å². The summed E-state index contributed by atoms with van der Waals surface area (Å²) in [5.74, 6) is 2.63. The van der Waals surface area contributed by atoms with Gasteiger partial charge in [0.25, 0.3) is 0 Å². The topological polar surface area (TPSA) is 51.2 Å². The summed E-state index contributed by atoms with van der Waals surface area (Å²) in [5, 5.41) is 0. The molecule has 0 atom stereocenters. The predicted octanol–water partition coefficient (Wildman–Crippen LogP) is 3.31. The Morgan fingerprint density at radius 3 is 2.57 bits per heavy atom. The highest BCUT2D eigenvalue weighted by Crippen LogP contribution is 2.29. The summed E-state index contributed by atoms with van der Waals surface area (Å²) in [6, 6.07) is 5.77. The van der Waals surface area contributed by atoms with E-state index in [1.807, 2.05) is 29.2 Å². The maximum atomic E-state index is 12.6. The number of benzene rings is 1. The highest BCUT2D eigenvalue weighted by atomic mass is 16.5. The van der Waals surface area contributed by atoms with Crippen molar-refractivity contribution >= 4 is 12.0 Å². The highest BCUT2D eigenvalue weighted by molar-refractivity contribution is 5.91. The number of carbonyl (C=O) groups excluding carboxylic acids is 1. The Balaban J connectivity index is 1.48. The van der Waals surface area contributed by atoms with Crippen LogP contribution in [0.3, 0.4) is 0 Å². The predicted molar refractivity (Wildman–Crippen MR) is 119 cm³/mol. The van der Waals surface area contributed by atoms with Crippen molar-refractivity contribution in [3.63, 3.8) is 0 Å². The van der Waals surface area contributed by atoms with Crippen LogP contribution in [-0.2, 0) is 9.53 Å². The normalized spacial score (nSPS) is 18.9. The zero-order valence-electron chi connectivity index (χ0n) is 18.6. The molecule has 1 aromatic carbocycles. The van der Waals surface area contributed by atoms with E-state index in [2.05, 4.69) is 18.7 Å². The first-order chi connectivity index (χ1) is 14.5. The van der Waals surface area contributed by atoms with Gasteiger partial charge in [-0.25, -0.2) is 0 Å². The minimum atomic E-state index is 0.0823. The molecular formula is C24H36N2O4. The van der Waals surface area contributed by atoms with Crippen molar-refractivity contribution in [1.82, 2.24) is 9.80 Å². The van der Waals surface area contributed by atoms with Gasteiger partial charge in [0.1, 0.15) is 0 Å². The zero-order valence-corrected chi connectivity index (χ0v) is 18.6. The van der Waals surface area contributed by atoms with Crippen molar-refractivity contribution in [2.24, 2.45) is 11.8 Å². The lowest BCUT2D eigenvalue weighted by atomic mass is 9.96. The Morgan fingerprint density at radius 1 is 1.17 bits per heavy atom. The maximum absolute atomic E-state index is 12.6. The van der Waals surface area contributed by atoms with Crippen molar-refractivity contribution in [3.05, 3.63) is 29.8 Å². The van der Waals surface area contributed by atoms with Gasteiger partial charge in [0.2, 0.25) is 5.91 Å². The number of hydrogen-bond donors (Lipinski definition) is 0. The number of methoxy groups -OCH3 is 1. The van der Waals surface area contributed by atoms with Crippen LogP contribution in [0.15, 0.2) is 24.3 Å². The summed E-state index contributed by atoms with van der Waals surface area (Å²) in [5.41, 5.74) is 0.930. The first kappa shape index (κ1) is 22.6. The maximum Gasteiger partial charge on any atom is 0.246 e. The second kappa shape index (κ2) is 11.4. The molecule has 1 amide bonds. The molecule has 0 spiro atoms. The summed E-state index contributed by atoms with van der Waals surface area (Å²) in [6.45, 7) is 11.4. The third-order valence-electron chi connectivity index (χ3n) is 5.72. The van der Waals surface area contributed by atoms with Crippen molar-refractivity contribution in [2.75, 3.05) is 59.7 Å². The van der Waals surface area contributed by atoms with E-state index in [9.17, 15) is 4.79 Å². The van der Waals surface area contributed by atoms with Crippen molar-refractivity contribution < 1.29 is 19.0 Å². The Labute approximate surface area is 180 Å². The van der Waals surface area contributed by atoms with Gasteiger partial charge in [-0.1, -0.05) is 19.9 Å². The first-order valence-electron chi connectivity index (χ1n) is 11.1. The monoisotopic (exact) mass is 416 g/mol. The van der Waals surface area contributed by atoms with Gasteiger partial charge in [-0.3, -0.25) is 9.69 Å². The number of hydrogen-bond acceptors (Lipinski definition) is 5. The molecule has 2 saturated heterocycles. The molecule has 2 fully saturated rings. The molecule has 2 aliphatic heterocycles. The molecule has 0 N–H and O–H groups in total. The van der Waals surface area contributed by atoms with Crippen LogP contribution in [0.4, 0.5) is 0 Å². The number of amides is 1. The molecule has 0 bridgehead atoms. The molecule has 1 aromatic rings. The summed E-state index contributed by atoms with van der Waals surface area (Å²) >= 11 is 0. The van der Waals surface area contributed by atoms with Gasteiger partial charge in [0.05, 0.1) is 26.9 Å². The van der Waals surface area contributed by atoms with E-state index < -0.39 is 0 Å². The van der Waals surface area contributed by atoms with Crippen LogP contribution in [0, 0.1) is 11.8 Å². The van der Waals surface area contributed by atoms with Crippen molar-refractivity contribution in [2.45, 2.75) is 26.7 Å². The van der Waals surface area contributed by atoms with E-state index in [-0.39, 0.29) is 5.91 Å². The van der Waals surface area contributed by atoms with Gasteiger partial charge in [0, 0.05) is 38.8 Å². The lowest BCUT2D eigenvalue weighted by Gasteiger charge is -2.35. The zero-order chi connectivity index (χ0) is 21.3. The lowest BCUT2D eigenvalue weighted by Crippen LogP contribution is -2.43. The Kier molecular flexibility index (Phi) is 8.58. The fraction of sp³-hybridized carbons (Fsp3) is 0.625. The van der Waals surface area contributed by atoms with Crippen LogP contribution in [0.2, 0.25) is 0 Å². The minimum absolute atomic E-state index is 0.0823. The molecule has 166 valence electrons. The number of morpholine rings is 1. The number of likely N-dealkylation sites (tertiary alicyclic amines) is 1. The van der Waals surface area contributed by atoms with E-state index >= 15 is 0 Å². The quantitative estimate of drug-likeness (QED) is 0.609. The second-order valence-electron chi connectivity index (χ2n) is 8.63. The number of carbonyl (C=O) groups is 1. The molecule has 0 unspecified atom stereocenters. The van der Waals surface area contributed by atoms with Crippen LogP contribution >= 0.6 is 0 Å². The number of rotatable bonds is 8. The first-order valence-corrected chi connectivity index (χ1v) is 11.1. The van der Waals surface area contributed by atoms with Gasteiger partial charge in [0.15, 0.2) is 11.5 Å². The summed E-state index contributed by atoms with van der Waals surface area (Å²) in [4.78, 5) is 17.1. The molecule has 0 aliphatic carbocycles. The molecule has 6 heteroatoms.